The summed E-state index contributed by atoms with van der Waals surface area (Å²) in [6.45, 7) is 0. The largest absolute Gasteiger partial charge is 0.276 e. The Bertz CT molecular complexity index is 601. The predicted octanol–water partition coefficient (Wildman–Crippen LogP) is 4.50. The third-order valence-corrected chi connectivity index (χ3v) is 3.49. The Morgan fingerprint density at radius 3 is 2.44 bits per heavy atom. The van der Waals surface area contributed by atoms with Crippen LogP contribution in [0, 0.1) is 11.6 Å². The number of carbonyl (C=O) groups excluding carboxylic acids is 1. The molecule has 18 heavy (non-hydrogen) atoms. The summed E-state index contributed by atoms with van der Waals surface area (Å²) in [5, 5.41) is -0.583. The van der Waals surface area contributed by atoms with E-state index in [4.69, 9.17) is 11.6 Å². The summed E-state index contributed by atoms with van der Waals surface area (Å²) in [4.78, 5) is 12.3. The molecule has 0 spiro atoms. The zero-order valence-corrected chi connectivity index (χ0v) is 10.6. The molecule has 2 rings (SSSR count). The molecule has 0 N–H and O–H groups in total. The van der Waals surface area contributed by atoms with E-state index in [1.54, 1.807) is 24.3 Å². The minimum atomic E-state index is -0.922. The number of hydrogen-bond donors (Lipinski definition) is 0. The summed E-state index contributed by atoms with van der Waals surface area (Å²) in [6.07, 6.45) is 0. The second kappa shape index (κ2) is 5.50. The van der Waals surface area contributed by atoms with Gasteiger partial charge in [-0.2, -0.15) is 0 Å². The van der Waals surface area contributed by atoms with Gasteiger partial charge < -0.3 is 0 Å². The molecule has 0 heterocycles. The molecule has 0 aliphatic rings. The van der Waals surface area contributed by atoms with Crippen LogP contribution >= 0.6 is 23.4 Å². The fraction of sp³-hybridized carbons (Fsp3) is 0. The lowest BCUT2D eigenvalue weighted by Gasteiger charge is -2.05. The molecule has 0 saturated carbocycles. The SMILES string of the molecule is O=C(Cl)c1ccccc1Sc1ccc(F)c(F)c1. The van der Waals surface area contributed by atoms with Gasteiger partial charge in [0.25, 0.3) is 5.24 Å². The van der Waals surface area contributed by atoms with Gasteiger partial charge in [0.1, 0.15) is 0 Å². The molecule has 0 radical (unpaired) electrons. The van der Waals surface area contributed by atoms with Gasteiger partial charge in [0.05, 0.1) is 0 Å². The minimum Gasteiger partial charge on any atom is -0.276 e. The lowest BCUT2D eigenvalue weighted by Crippen LogP contribution is -1.92. The first-order chi connectivity index (χ1) is 8.58. The van der Waals surface area contributed by atoms with Crippen LogP contribution < -0.4 is 0 Å². The molecule has 0 amide bonds. The topological polar surface area (TPSA) is 17.1 Å². The van der Waals surface area contributed by atoms with Gasteiger partial charge in [0, 0.05) is 15.4 Å². The van der Waals surface area contributed by atoms with E-state index in [0.29, 0.717) is 15.4 Å². The van der Waals surface area contributed by atoms with Crippen molar-refractivity contribution >= 4 is 28.6 Å². The van der Waals surface area contributed by atoms with Crippen molar-refractivity contribution in [3.05, 3.63) is 59.7 Å². The van der Waals surface area contributed by atoms with E-state index in [0.717, 1.165) is 23.9 Å². The highest BCUT2D eigenvalue weighted by atomic mass is 35.5. The van der Waals surface area contributed by atoms with Crippen molar-refractivity contribution in [3.63, 3.8) is 0 Å². The Labute approximate surface area is 112 Å². The predicted molar refractivity (Wildman–Crippen MR) is 67.1 cm³/mol. The second-order valence-corrected chi connectivity index (χ2v) is 4.91. The fourth-order valence-corrected chi connectivity index (χ4v) is 2.58. The van der Waals surface area contributed by atoms with Crippen LogP contribution in [-0.4, -0.2) is 5.24 Å². The first kappa shape index (κ1) is 13.1. The third kappa shape index (κ3) is 2.89. The van der Waals surface area contributed by atoms with Gasteiger partial charge in [-0.1, -0.05) is 23.9 Å². The highest BCUT2D eigenvalue weighted by molar-refractivity contribution is 7.99. The molecule has 0 aromatic heterocycles. The number of carbonyl (C=O) groups is 1. The zero-order valence-electron chi connectivity index (χ0n) is 8.99. The van der Waals surface area contributed by atoms with Crippen LogP contribution in [0.3, 0.4) is 0 Å². The fourth-order valence-electron chi connectivity index (χ4n) is 1.39. The van der Waals surface area contributed by atoms with E-state index < -0.39 is 16.9 Å². The molecular weight excluding hydrogens is 278 g/mol. The van der Waals surface area contributed by atoms with Gasteiger partial charge in [0.15, 0.2) is 11.6 Å². The molecule has 0 aliphatic carbocycles. The molecule has 0 fully saturated rings. The van der Waals surface area contributed by atoms with E-state index in [1.807, 2.05) is 0 Å². The van der Waals surface area contributed by atoms with Gasteiger partial charge in [-0.3, -0.25) is 4.79 Å². The van der Waals surface area contributed by atoms with E-state index in [9.17, 15) is 13.6 Å². The van der Waals surface area contributed by atoms with Gasteiger partial charge >= 0.3 is 0 Å². The second-order valence-electron chi connectivity index (χ2n) is 3.45. The molecule has 0 bridgehead atoms. The quantitative estimate of drug-likeness (QED) is 0.772. The Hall–Kier alpha value is -1.39. The summed E-state index contributed by atoms with van der Waals surface area (Å²) in [6, 6.07) is 10.3. The van der Waals surface area contributed by atoms with Crippen LogP contribution in [0.1, 0.15) is 10.4 Å². The molecule has 1 nitrogen and oxygen atoms in total. The molecule has 5 heteroatoms. The number of rotatable bonds is 3. The summed E-state index contributed by atoms with van der Waals surface area (Å²) in [5.74, 6) is -1.82. The Kier molecular flexibility index (Phi) is 3.99. The Balaban J connectivity index is 2.34. The van der Waals surface area contributed by atoms with Gasteiger partial charge in [-0.25, -0.2) is 8.78 Å². The lowest BCUT2D eigenvalue weighted by molar-refractivity contribution is 0.107. The van der Waals surface area contributed by atoms with Crippen molar-refractivity contribution in [2.45, 2.75) is 9.79 Å². The highest BCUT2D eigenvalue weighted by Gasteiger charge is 2.10. The van der Waals surface area contributed by atoms with E-state index in [1.165, 1.54) is 6.07 Å². The minimum absolute atomic E-state index is 0.342. The molecule has 0 saturated heterocycles. The summed E-state index contributed by atoms with van der Waals surface area (Å²) >= 11 is 6.60. The number of benzene rings is 2. The molecule has 0 unspecified atom stereocenters. The number of halogens is 3. The maximum absolute atomic E-state index is 13.1. The Morgan fingerprint density at radius 2 is 1.78 bits per heavy atom. The van der Waals surface area contributed by atoms with Crippen LogP contribution in [0.25, 0.3) is 0 Å². The van der Waals surface area contributed by atoms with E-state index >= 15 is 0 Å². The molecule has 2 aromatic carbocycles. The van der Waals surface area contributed by atoms with Crippen molar-refractivity contribution in [2.24, 2.45) is 0 Å². The lowest BCUT2D eigenvalue weighted by atomic mass is 10.2. The monoisotopic (exact) mass is 284 g/mol. The van der Waals surface area contributed by atoms with Crippen molar-refractivity contribution < 1.29 is 13.6 Å². The Morgan fingerprint density at radius 1 is 1.06 bits per heavy atom. The first-order valence-corrected chi connectivity index (χ1v) is 6.19. The smallest absolute Gasteiger partial charge is 0.253 e. The normalized spacial score (nSPS) is 10.4. The average molecular weight is 285 g/mol. The molecule has 0 aliphatic heterocycles. The summed E-state index contributed by atoms with van der Waals surface area (Å²) in [5.41, 5.74) is 0.342. The van der Waals surface area contributed by atoms with Crippen molar-refractivity contribution in [1.29, 1.82) is 0 Å². The van der Waals surface area contributed by atoms with Crippen LogP contribution in [0.5, 0.6) is 0 Å². The average Bonchev–Trinajstić information content (AvgIpc) is 2.34. The van der Waals surface area contributed by atoms with Crippen LogP contribution in [0.15, 0.2) is 52.3 Å². The summed E-state index contributed by atoms with van der Waals surface area (Å²) in [7, 11) is 0. The maximum Gasteiger partial charge on any atom is 0.253 e. The van der Waals surface area contributed by atoms with Crippen LogP contribution in [0.2, 0.25) is 0 Å². The molecule has 92 valence electrons. The van der Waals surface area contributed by atoms with Crippen molar-refractivity contribution in [3.8, 4) is 0 Å². The third-order valence-electron chi connectivity index (χ3n) is 2.22. The van der Waals surface area contributed by atoms with E-state index in [-0.39, 0.29) is 0 Å². The number of hydrogen-bond acceptors (Lipinski definition) is 2. The molecular formula is C13H7ClF2OS. The standard InChI is InChI=1S/C13H7ClF2OS/c14-13(17)9-3-1-2-4-12(9)18-8-5-6-10(15)11(16)7-8/h1-7H. The van der Waals surface area contributed by atoms with Gasteiger partial charge in [-0.15, -0.1) is 0 Å². The van der Waals surface area contributed by atoms with Crippen molar-refractivity contribution in [1.82, 2.24) is 0 Å². The summed E-state index contributed by atoms with van der Waals surface area (Å²) < 4.78 is 25.8. The van der Waals surface area contributed by atoms with Crippen LogP contribution in [-0.2, 0) is 0 Å². The zero-order chi connectivity index (χ0) is 13.1. The maximum atomic E-state index is 13.1. The molecule has 0 atom stereocenters. The molecule has 2 aromatic rings. The van der Waals surface area contributed by atoms with Gasteiger partial charge in [0.2, 0.25) is 0 Å². The van der Waals surface area contributed by atoms with Crippen LogP contribution in [0.4, 0.5) is 8.78 Å². The highest BCUT2D eigenvalue weighted by Crippen LogP contribution is 2.31. The first-order valence-electron chi connectivity index (χ1n) is 4.99. The van der Waals surface area contributed by atoms with Crippen molar-refractivity contribution in [2.75, 3.05) is 0 Å². The van der Waals surface area contributed by atoms with Gasteiger partial charge in [-0.05, 0) is 41.9 Å². The van der Waals surface area contributed by atoms with E-state index in [2.05, 4.69) is 0 Å².